The van der Waals surface area contributed by atoms with Crippen molar-refractivity contribution in [3.63, 3.8) is 0 Å². The van der Waals surface area contributed by atoms with Crippen molar-refractivity contribution in [2.45, 2.75) is 6.42 Å². The van der Waals surface area contributed by atoms with Crippen LogP contribution in [0.1, 0.15) is 4.88 Å². The molecule has 0 fully saturated rings. The molecule has 0 saturated heterocycles. The maximum absolute atomic E-state index is 11.9. The number of nitro benzene ring substituents is 1. The monoisotopic (exact) mass is 292 g/mol. The molecule has 7 heteroatoms. The van der Waals surface area contributed by atoms with Gasteiger partial charge in [-0.2, -0.15) is 0 Å². The number of rotatable bonds is 5. The zero-order valence-electron chi connectivity index (χ0n) is 10.7. The Morgan fingerprint density at radius 3 is 2.85 bits per heavy atom. The lowest BCUT2D eigenvalue weighted by Crippen LogP contribution is -2.14. The van der Waals surface area contributed by atoms with Gasteiger partial charge in [0, 0.05) is 4.88 Å². The van der Waals surface area contributed by atoms with Crippen LogP contribution in [0.2, 0.25) is 0 Å². The Morgan fingerprint density at radius 2 is 2.25 bits per heavy atom. The number of carbonyl (C=O) groups excluding carboxylic acids is 1. The first-order valence-corrected chi connectivity index (χ1v) is 6.63. The topological polar surface area (TPSA) is 81.5 Å². The summed E-state index contributed by atoms with van der Waals surface area (Å²) >= 11 is 1.46. The number of nitro groups is 1. The van der Waals surface area contributed by atoms with Crippen molar-refractivity contribution in [3.8, 4) is 5.75 Å². The quantitative estimate of drug-likeness (QED) is 0.678. The van der Waals surface area contributed by atoms with Crippen LogP contribution in [-0.2, 0) is 11.2 Å². The van der Waals surface area contributed by atoms with Gasteiger partial charge in [0.05, 0.1) is 24.5 Å². The highest BCUT2D eigenvalue weighted by molar-refractivity contribution is 7.10. The van der Waals surface area contributed by atoms with E-state index in [2.05, 4.69) is 5.32 Å². The third-order valence-electron chi connectivity index (χ3n) is 2.59. The molecule has 0 aliphatic carbocycles. The van der Waals surface area contributed by atoms with Crippen LogP contribution in [0.25, 0.3) is 0 Å². The van der Waals surface area contributed by atoms with Crippen molar-refractivity contribution in [3.05, 3.63) is 50.7 Å². The molecule has 1 aromatic carbocycles. The Bertz CT molecular complexity index is 625. The van der Waals surface area contributed by atoms with Gasteiger partial charge in [-0.3, -0.25) is 14.9 Å². The molecule has 0 unspecified atom stereocenters. The number of hydrogen-bond acceptors (Lipinski definition) is 5. The second-order valence-corrected chi connectivity index (χ2v) is 4.98. The maximum atomic E-state index is 11.9. The summed E-state index contributed by atoms with van der Waals surface area (Å²) in [5.74, 6) is 0.0775. The number of amides is 1. The molecule has 2 aromatic rings. The van der Waals surface area contributed by atoms with Crippen LogP contribution < -0.4 is 10.1 Å². The van der Waals surface area contributed by atoms with Crippen molar-refractivity contribution < 1.29 is 14.5 Å². The van der Waals surface area contributed by atoms with E-state index in [1.807, 2.05) is 17.5 Å². The summed E-state index contributed by atoms with van der Waals surface area (Å²) in [4.78, 5) is 23.2. The van der Waals surface area contributed by atoms with Crippen molar-refractivity contribution >= 4 is 28.6 Å². The third-order valence-corrected chi connectivity index (χ3v) is 3.47. The van der Waals surface area contributed by atoms with Crippen LogP contribution in [0.15, 0.2) is 35.7 Å². The molecule has 0 bridgehead atoms. The van der Waals surface area contributed by atoms with E-state index in [1.54, 1.807) is 6.07 Å². The highest BCUT2D eigenvalue weighted by Crippen LogP contribution is 2.29. The van der Waals surface area contributed by atoms with Crippen molar-refractivity contribution in [1.29, 1.82) is 0 Å². The molecule has 2 rings (SSSR count). The number of ether oxygens (including phenoxy) is 1. The van der Waals surface area contributed by atoms with E-state index in [0.717, 1.165) is 4.88 Å². The Morgan fingerprint density at radius 1 is 1.45 bits per heavy atom. The van der Waals surface area contributed by atoms with Crippen LogP contribution in [0.3, 0.4) is 0 Å². The van der Waals surface area contributed by atoms with Crippen molar-refractivity contribution in [2.24, 2.45) is 0 Å². The second-order valence-electron chi connectivity index (χ2n) is 3.94. The molecule has 20 heavy (non-hydrogen) atoms. The standard InChI is InChI=1S/C13H12N2O4S/c1-19-9-4-5-11(12(7-9)15(17)18)14-13(16)8-10-3-2-6-20-10/h2-7H,8H2,1H3,(H,14,16). The van der Waals surface area contributed by atoms with Gasteiger partial charge in [-0.05, 0) is 23.6 Å². The van der Waals surface area contributed by atoms with Crippen LogP contribution >= 0.6 is 11.3 Å². The number of methoxy groups -OCH3 is 1. The fourth-order valence-electron chi connectivity index (χ4n) is 1.66. The third kappa shape index (κ3) is 3.33. The average Bonchev–Trinajstić information content (AvgIpc) is 2.91. The van der Waals surface area contributed by atoms with Crippen LogP contribution in [-0.4, -0.2) is 17.9 Å². The summed E-state index contributed by atoms with van der Waals surface area (Å²) in [7, 11) is 1.42. The number of carbonyl (C=O) groups is 1. The number of thiophene rings is 1. The number of benzene rings is 1. The number of nitrogens with zero attached hydrogens (tertiary/aromatic N) is 1. The van der Waals surface area contributed by atoms with Crippen LogP contribution in [0.5, 0.6) is 5.75 Å². The molecule has 0 radical (unpaired) electrons. The molecular formula is C13H12N2O4S. The summed E-state index contributed by atoms with van der Waals surface area (Å²) in [6, 6.07) is 7.99. The van der Waals surface area contributed by atoms with Crippen LogP contribution in [0, 0.1) is 10.1 Å². The summed E-state index contributed by atoms with van der Waals surface area (Å²) in [5.41, 5.74) is -0.0266. The highest BCUT2D eigenvalue weighted by atomic mass is 32.1. The van der Waals surface area contributed by atoms with Gasteiger partial charge in [0.2, 0.25) is 5.91 Å². The lowest BCUT2D eigenvalue weighted by atomic mass is 10.2. The largest absolute Gasteiger partial charge is 0.496 e. The Hall–Kier alpha value is -2.41. The first-order chi connectivity index (χ1) is 9.60. The molecule has 1 N–H and O–H groups in total. The molecule has 0 spiro atoms. The minimum Gasteiger partial charge on any atom is -0.496 e. The molecule has 104 valence electrons. The van der Waals surface area contributed by atoms with Crippen LogP contribution in [0.4, 0.5) is 11.4 Å². The van der Waals surface area contributed by atoms with E-state index in [1.165, 1.54) is 30.6 Å². The number of anilines is 1. The minimum absolute atomic E-state index is 0.164. The summed E-state index contributed by atoms with van der Waals surface area (Å²) in [6.07, 6.45) is 0.195. The Labute approximate surface area is 119 Å². The van der Waals surface area contributed by atoms with Gasteiger partial charge < -0.3 is 10.1 Å². The molecule has 0 aliphatic heterocycles. The lowest BCUT2D eigenvalue weighted by molar-refractivity contribution is -0.384. The predicted octanol–water partition coefficient (Wildman–Crippen LogP) is 2.85. The van der Waals surface area contributed by atoms with E-state index in [4.69, 9.17) is 4.74 Å². The van der Waals surface area contributed by atoms with E-state index in [-0.39, 0.29) is 23.7 Å². The highest BCUT2D eigenvalue weighted by Gasteiger charge is 2.17. The lowest BCUT2D eigenvalue weighted by Gasteiger charge is -2.07. The predicted molar refractivity (Wildman–Crippen MR) is 76.3 cm³/mol. The molecular weight excluding hydrogens is 280 g/mol. The van der Waals surface area contributed by atoms with E-state index < -0.39 is 4.92 Å². The normalized spacial score (nSPS) is 10.1. The first-order valence-electron chi connectivity index (χ1n) is 5.75. The first kappa shape index (κ1) is 14.0. The van der Waals surface area contributed by atoms with Gasteiger partial charge in [0.1, 0.15) is 11.4 Å². The molecule has 0 saturated carbocycles. The zero-order valence-corrected chi connectivity index (χ0v) is 11.5. The van der Waals surface area contributed by atoms with Gasteiger partial charge in [0.15, 0.2) is 0 Å². The molecule has 0 atom stereocenters. The van der Waals surface area contributed by atoms with E-state index >= 15 is 0 Å². The zero-order chi connectivity index (χ0) is 14.5. The molecule has 1 aromatic heterocycles. The summed E-state index contributed by atoms with van der Waals surface area (Å²) in [5, 5.41) is 15.4. The number of nitrogens with one attached hydrogen (secondary N) is 1. The van der Waals surface area contributed by atoms with Gasteiger partial charge in [-0.25, -0.2) is 0 Å². The number of hydrogen-bond donors (Lipinski definition) is 1. The fraction of sp³-hybridized carbons (Fsp3) is 0.154. The van der Waals surface area contributed by atoms with Crippen molar-refractivity contribution in [1.82, 2.24) is 0 Å². The second kappa shape index (κ2) is 6.16. The molecule has 1 heterocycles. The van der Waals surface area contributed by atoms with Gasteiger partial charge >= 0.3 is 0 Å². The molecule has 6 nitrogen and oxygen atoms in total. The van der Waals surface area contributed by atoms with Gasteiger partial charge in [-0.1, -0.05) is 6.07 Å². The maximum Gasteiger partial charge on any atom is 0.296 e. The van der Waals surface area contributed by atoms with E-state index in [0.29, 0.717) is 5.75 Å². The Kier molecular flexibility index (Phi) is 4.31. The smallest absolute Gasteiger partial charge is 0.296 e. The molecule has 1 amide bonds. The SMILES string of the molecule is COc1ccc(NC(=O)Cc2cccs2)c([N+](=O)[O-])c1. The average molecular weight is 292 g/mol. The fourth-order valence-corrected chi connectivity index (χ4v) is 2.36. The molecule has 0 aliphatic rings. The summed E-state index contributed by atoms with van der Waals surface area (Å²) in [6.45, 7) is 0. The van der Waals surface area contributed by atoms with E-state index in [9.17, 15) is 14.9 Å². The van der Waals surface area contributed by atoms with Gasteiger partial charge in [0.25, 0.3) is 5.69 Å². The summed E-state index contributed by atoms with van der Waals surface area (Å²) < 4.78 is 4.93. The van der Waals surface area contributed by atoms with Crippen molar-refractivity contribution in [2.75, 3.05) is 12.4 Å². The Balaban J connectivity index is 2.16. The minimum atomic E-state index is -0.552. The van der Waals surface area contributed by atoms with Gasteiger partial charge in [-0.15, -0.1) is 11.3 Å².